The average molecular weight is 573 g/mol. The van der Waals surface area contributed by atoms with E-state index in [0.29, 0.717) is 51.6 Å². The number of piperazine rings is 1. The van der Waals surface area contributed by atoms with Crippen molar-refractivity contribution in [1.82, 2.24) is 19.4 Å². The van der Waals surface area contributed by atoms with E-state index in [1.807, 2.05) is 18.7 Å². The fourth-order valence-corrected chi connectivity index (χ4v) is 4.25. The molecule has 1 fully saturated rings. The molecule has 1 aliphatic rings. The van der Waals surface area contributed by atoms with Gasteiger partial charge in [-0.2, -0.15) is 17.5 Å². The number of rotatable bonds is 10. The van der Waals surface area contributed by atoms with E-state index in [2.05, 4.69) is 10.3 Å². The highest BCUT2D eigenvalue weighted by molar-refractivity contribution is 14.0. The quantitative estimate of drug-likeness (QED) is 0.185. The molecule has 1 heterocycles. The summed E-state index contributed by atoms with van der Waals surface area (Å²) in [4.78, 5) is 7.38. The molecule has 1 saturated heterocycles. The lowest BCUT2D eigenvalue weighted by Crippen LogP contribution is -2.54. The molecular weight excluding hydrogens is 538 g/mol. The van der Waals surface area contributed by atoms with Crippen LogP contribution in [-0.4, -0.2) is 113 Å². The van der Waals surface area contributed by atoms with Gasteiger partial charge in [0.2, 0.25) is 10.0 Å². The smallest absolute Gasteiger partial charge is 0.378 e. The van der Waals surface area contributed by atoms with Gasteiger partial charge in [-0.15, -0.1) is 24.0 Å². The first-order valence-electron chi connectivity index (χ1n) is 9.75. The predicted molar refractivity (Wildman–Crippen MR) is 123 cm³/mol. The van der Waals surface area contributed by atoms with Gasteiger partial charge < -0.3 is 15.0 Å². The Bertz CT molecular complexity index is 612. The molecule has 0 amide bonds. The molecule has 0 aromatic carbocycles. The lowest BCUT2D eigenvalue weighted by atomic mass is 10.3. The molecule has 30 heavy (non-hydrogen) atoms. The molecule has 0 unspecified atom stereocenters. The molecule has 0 aliphatic carbocycles. The van der Waals surface area contributed by atoms with Gasteiger partial charge in [-0.1, -0.05) is 0 Å². The van der Waals surface area contributed by atoms with E-state index in [4.69, 9.17) is 4.74 Å². The van der Waals surface area contributed by atoms with Gasteiger partial charge in [0.1, 0.15) is 0 Å². The van der Waals surface area contributed by atoms with Crippen molar-refractivity contribution >= 4 is 40.0 Å². The van der Waals surface area contributed by atoms with E-state index < -0.39 is 22.7 Å². The van der Waals surface area contributed by atoms with Crippen molar-refractivity contribution in [2.75, 3.05) is 72.3 Å². The summed E-state index contributed by atoms with van der Waals surface area (Å²) in [5.74, 6) is 0.590. The zero-order chi connectivity index (χ0) is 22.1. The summed E-state index contributed by atoms with van der Waals surface area (Å²) < 4.78 is 68.5. The number of sulfonamides is 1. The average Bonchev–Trinajstić information content (AvgIpc) is 2.60. The Morgan fingerprint density at radius 2 is 1.83 bits per heavy atom. The fourth-order valence-electron chi connectivity index (χ4n) is 2.96. The Labute approximate surface area is 195 Å². The molecule has 0 aromatic rings. The van der Waals surface area contributed by atoms with Crippen LogP contribution in [0.15, 0.2) is 4.99 Å². The third kappa shape index (κ3) is 11.9. The van der Waals surface area contributed by atoms with Gasteiger partial charge >= 0.3 is 6.18 Å². The first kappa shape index (κ1) is 29.6. The van der Waals surface area contributed by atoms with Crippen molar-refractivity contribution in [3.05, 3.63) is 0 Å². The van der Waals surface area contributed by atoms with Crippen molar-refractivity contribution < 1.29 is 26.3 Å². The van der Waals surface area contributed by atoms with Gasteiger partial charge in [0.15, 0.2) is 5.96 Å². The Kier molecular flexibility index (Phi) is 13.7. The predicted octanol–water partition coefficient (Wildman–Crippen LogP) is 1.44. The lowest BCUT2D eigenvalue weighted by Gasteiger charge is -2.36. The molecule has 1 N–H and O–H groups in total. The largest absolute Gasteiger partial charge is 0.401 e. The first-order valence-corrected chi connectivity index (χ1v) is 11.4. The molecule has 0 saturated carbocycles. The summed E-state index contributed by atoms with van der Waals surface area (Å²) in [7, 11) is -0.288. The zero-order valence-corrected chi connectivity index (χ0v) is 21.3. The van der Waals surface area contributed by atoms with E-state index in [-0.39, 0.29) is 42.4 Å². The van der Waals surface area contributed by atoms with Gasteiger partial charge in [-0.05, 0) is 33.9 Å². The van der Waals surface area contributed by atoms with Gasteiger partial charge in [-0.3, -0.25) is 9.89 Å². The van der Waals surface area contributed by atoms with Crippen molar-refractivity contribution in [2.45, 2.75) is 32.5 Å². The Morgan fingerprint density at radius 1 is 1.23 bits per heavy atom. The van der Waals surface area contributed by atoms with E-state index in [9.17, 15) is 21.6 Å². The number of nitrogens with zero attached hydrogens (tertiary/aromatic N) is 4. The van der Waals surface area contributed by atoms with E-state index in [0.717, 1.165) is 0 Å². The summed E-state index contributed by atoms with van der Waals surface area (Å²) in [5.41, 5.74) is 0. The minimum atomic E-state index is -4.20. The molecule has 180 valence electrons. The molecular formula is C17H35F3IN5O3S. The summed E-state index contributed by atoms with van der Waals surface area (Å²) in [5, 5.41) is 3.14. The van der Waals surface area contributed by atoms with E-state index >= 15 is 0 Å². The monoisotopic (exact) mass is 573 g/mol. The number of guanidine groups is 1. The van der Waals surface area contributed by atoms with Crippen LogP contribution in [-0.2, 0) is 14.8 Å². The standard InChI is InChI=1S/C17H34F3N5O3S.HI/c1-15(2)28-12-13-29(26,27)25-10-8-24(9-11-25)16(21-3)22-6-5-7-23(4)14-17(18,19)20;/h15H,5-14H2,1-4H3,(H,21,22);1H. The van der Waals surface area contributed by atoms with Gasteiger partial charge in [-0.25, -0.2) is 8.42 Å². The van der Waals surface area contributed by atoms with Crippen LogP contribution in [0.3, 0.4) is 0 Å². The third-order valence-corrected chi connectivity index (χ3v) is 6.22. The molecule has 0 atom stereocenters. The highest BCUT2D eigenvalue weighted by Gasteiger charge is 2.29. The summed E-state index contributed by atoms with van der Waals surface area (Å²) >= 11 is 0. The SMILES string of the molecule is CN=C(NCCCN(C)CC(F)(F)F)N1CCN(S(=O)(=O)CCOC(C)C)CC1.I. The van der Waals surface area contributed by atoms with E-state index in [1.54, 1.807) is 7.05 Å². The van der Waals surface area contributed by atoms with Crippen LogP contribution >= 0.6 is 24.0 Å². The summed E-state index contributed by atoms with van der Waals surface area (Å²) in [6.45, 7) is 5.48. The maximum atomic E-state index is 12.4. The Morgan fingerprint density at radius 3 is 2.33 bits per heavy atom. The molecule has 13 heteroatoms. The molecule has 8 nitrogen and oxygen atoms in total. The molecule has 1 aliphatic heterocycles. The highest BCUT2D eigenvalue weighted by Crippen LogP contribution is 2.15. The third-order valence-electron chi connectivity index (χ3n) is 4.38. The molecule has 0 radical (unpaired) electrons. The second-order valence-corrected chi connectivity index (χ2v) is 9.39. The highest BCUT2D eigenvalue weighted by atomic mass is 127. The normalized spacial score (nSPS) is 16.8. The zero-order valence-electron chi connectivity index (χ0n) is 18.1. The minimum Gasteiger partial charge on any atom is -0.378 e. The van der Waals surface area contributed by atoms with Crippen LogP contribution in [0.4, 0.5) is 13.2 Å². The van der Waals surface area contributed by atoms with Crippen molar-refractivity contribution in [2.24, 2.45) is 4.99 Å². The minimum absolute atomic E-state index is 0. The van der Waals surface area contributed by atoms with Crippen LogP contribution in [0.5, 0.6) is 0 Å². The first-order chi connectivity index (χ1) is 13.4. The number of alkyl halides is 3. The van der Waals surface area contributed by atoms with Crippen molar-refractivity contribution in [3.8, 4) is 0 Å². The van der Waals surface area contributed by atoms with Crippen LogP contribution in [0.25, 0.3) is 0 Å². The van der Waals surface area contributed by atoms with Crippen LogP contribution in [0.2, 0.25) is 0 Å². The van der Waals surface area contributed by atoms with Crippen LogP contribution in [0.1, 0.15) is 20.3 Å². The van der Waals surface area contributed by atoms with Gasteiger partial charge in [0.05, 0.1) is 25.0 Å². The molecule has 0 spiro atoms. The molecule has 1 rings (SSSR count). The maximum Gasteiger partial charge on any atom is 0.401 e. The summed E-state index contributed by atoms with van der Waals surface area (Å²) in [6.07, 6.45) is -3.67. The lowest BCUT2D eigenvalue weighted by molar-refractivity contribution is -0.143. The topological polar surface area (TPSA) is 77.5 Å². The van der Waals surface area contributed by atoms with Crippen molar-refractivity contribution in [1.29, 1.82) is 0 Å². The van der Waals surface area contributed by atoms with Crippen molar-refractivity contribution in [3.63, 3.8) is 0 Å². The number of ether oxygens (including phenoxy) is 1. The van der Waals surface area contributed by atoms with Crippen LogP contribution in [0, 0.1) is 0 Å². The molecule has 0 aromatic heterocycles. The second kappa shape index (κ2) is 13.9. The second-order valence-electron chi connectivity index (χ2n) is 7.30. The Balaban J connectivity index is 0.00000841. The number of nitrogens with one attached hydrogen (secondary N) is 1. The van der Waals surface area contributed by atoms with Crippen LogP contribution < -0.4 is 5.32 Å². The van der Waals surface area contributed by atoms with E-state index in [1.165, 1.54) is 16.3 Å². The fraction of sp³-hybridized carbons (Fsp3) is 0.941. The number of hydrogen-bond donors (Lipinski definition) is 1. The number of halogens is 4. The number of hydrogen-bond acceptors (Lipinski definition) is 5. The maximum absolute atomic E-state index is 12.4. The number of aliphatic imine (C=N–C) groups is 1. The van der Waals surface area contributed by atoms with Gasteiger partial charge in [0.25, 0.3) is 0 Å². The Hall–Kier alpha value is -0.380. The van der Waals surface area contributed by atoms with Gasteiger partial charge in [0, 0.05) is 39.8 Å². The summed E-state index contributed by atoms with van der Waals surface area (Å²) in [6, 6.07) is 0. The molecule has 0 bridgehead atoms.